The molecule has 31 heavy (non-hydrogen) atoms. The highest BCUT2D eigenvalue weighted by Crippen LogP contribution is 2.31. The predicted octanol–water partition coefficient (Wildman–Crippen LogP) is 3.10. The summed E-state index contributed by atoms with van der Waals surface area (Å²) in [5, 5.41) is 5.24. The molecule has 7 heteroatoms. The fourth-order valence-corrected chi connectivity index (χ4v) is 4.55. The molecular formula is C24H29FN4O2. The second-order valence-corrected chi connectivity index (χ2v) is 8.35. The first-order chi connectivity index (χ1) is 15.0. The Kier molecular flexibility index (Phi) is 6.51. The van der Waals surface area contributed by atoms with Gasteiger partial charge in [-0.3, -0.25) is 14.5 Å². The van der Waals surface area contributed by atoms with E-state index in [-0.39, 0.29) is 11.7 Å². The lowest BCUT2D eigenvalue weighted by Gasteiger charge is -2.31. The fraction of sp³-hybridized carbons (Fsp3) is 0.417. The number of rotatable bonds is 5. The van der Waals surface area contributed by atoms with Crippen molar-refractivity contribution < 1.29 is 14.0 Å². The number of hydrogen-bond acceptors (Lipinski definition) is 4. The van der Waals surface area contributed by atoms with E-state index in [4.69, 9.17) is 0 Å². The van der Waals surface area contributed by atoms with Crippen molar-refractivity contribution in [3.63, 3.8) is 0 Å². The number of carbonyl (C=O) groups excluding carboxylic acids is 2. The summed E-state index contributed by atoms with van der Waals surface area (Å²) in [5.74, 6) is -1.98. The first-order valence-corrected chi connectivity index (χ1v) is 10.9. The topological polar surface area (TPSA) is 64.7 Å². The molecule has 6 nitrogen and oxygen atoms in total. The van der Waals surface area contributed by atoms with Gasteiger partial charge in [0.25, 0.3) is 0 Å². The summed E-state index contributed by atoms with van der Waals surface area (Å²) in [4.78, 5) is 29.3. The minimum atomic E-state index is -0.794. The molecule has 1 saturated heterocycles. The molecule has 4 rings (SSSR count). The summed E-state index contributed by atoms with van der Waals surface area (Å²) >= 11 is 0. The molecule has 2 aliphatic rings. The maximum absolute atomic E-state index is 13.3. The van der Waals surface area contributed by atoms with Gasteiger partial charge in [-0.2, -0.15) is 0 Å². The van der Waals surface area contributed by atoms with Crippen LogP contribution in [0.5, 0.6) is 0 Å². The molecule has 0 aliphatic carbocycles. The lowest BCUT2D eigenvalue weighted by molar-refractivity contribution is -0.136. The van der Waals surface area contributed by atoms with Gasteiger partial charge in [-0.05, 0) is 74.2 Å². The third-order valence-electron chi connectivity index (χ3n) is 6.17. The van der Waals surface area contributed by atoms with Gasteiger partial charge in [-0.15, -0.1) is 0 Å². The number of nitrogens with zero attached hydrogens (tertiary/aromatic N) is 2. The number of nitrogens with one attached hydrogen (secondary N) is 2. The van der Waals surface area contributed by atoms with Crippen LogP contribution in [0.4, 0.5) is 15.8 Å². The third-order valence-corrected chi connectivity index (χ3v) is 6.17. The number of aryl methyl sites for hydroxylation is 1. The summed E-state index contributed by atoms with van der Waals surface area (Å²) in [6.45, 7) is 3.38. The van der Waals surface area contributed by atoms with Gasteiger partial charge in [0.15, 0.2) is 0 Å². The smallest absolute Gasteiger partial charge is 0.313 e. The van der Waals surface area contributed by atoms with E-state index in [2.05, 4.69) is 45.7 Å². The molecule has 2 aromatic rings. The monoisotopic (exact) mass is 424 g/mol. The summed E-state index contributed by atoms with van der Waals surface area (Å²) in [6.07, 6.45) is 4.47. The Morgan fingerprint density at radius 3 is 2.61 bits per heavy atom. The third kappa shape index (κ3) is 5.05. The van der Waals surface area contributed by atoms with Crippen molar-refractivity contribution in [1.82, 2.24) is 10.2 Å². The summed E-state index contributed by atoms with van der Waals surface area (Å²) in [6, 6.07) is 12.1. The fourth-order valence-electron chi connectivity index (χ4n) is 4.55. The number of carbonyl (C=O) groups is 2. The van der Waals surface area contributed by atoms with E-state index in [0.29, 0.717) is 6.54 Å². The van der Waals surface area contributed by atoms with Crippen molar-refractivity contribution >= 4 is 23.2 Å². The average molecular weight is 425 g/mol. The number of benzene rings is 2. The Bertz CT molecular complexity index is 958. The first-order valence-electron chi connectivity index (χ1n) is 10.9. The van der Waals surface area contributed by atoms with Crippen LogP contribution in [0.2, 0.25) is 0 Å². The number of fused-ring (bicyclic) bond motifs is 1. The molecule has 1 atom stereocenters. The highest BCUT2D eigenvalue weighted by Gasteiger charge is 2.26. The molecule has 164 valence electrons. The summed E-state index contributed by atoms with van der Waals surface area (Å²) in [5.41, 5.74) is 4.04. The zero-order valence-corrected chi connectivity index (χ0v) is 17.9. The first kappa shape index (κ1) is 21.3. The summed E-state index contributed by atoms with van der Waals surface area (Å²) < 4.78 is 13.3. The van der Waals surface area contributed by atoms with Crippen LogP contribution in [0, 0.1) is 5.82 Å². The maximum atomic E-state index is 13.3. The molecule has 2 aliphatic heterocycles. The van der Waals surface area contributed by atoms with Gasteiger partial charge < -0.3 is 15.5 Å². The van der Waals surface area contributed by atoms with Crippen LogP contribution in [0.15, 0.2) is 42.5 Å². The maximum Gasteiger partial charge on any atom is 0.313 e. The molecule has 0 aromatic heterocycles. The lowest BCUT2D eigenvalue weighted by atomic mass is 9.96. The predicted molar refractivity (Wildman–Crippen MR) is 120 cm³/mol. The van der Waals surface area contributed by atoms with Crippen molar-refractivity contribution in [3.8, 4) is 0 Å². The van der Waals surface area contributed by atoms with Gasteiger partial charge in [0.2, 0.25) is 0 Å². The van der Waals surface area contributed by atoms with E-state index in [9.17, 15) is 14.0 Å². The molecule has 0 unspecified atom stereocenters. The second kappa shape index (κ2) is 9.47. The Morgan fingerprint density at radius 1 is 1.03 bits per heavy atom. The molecule has 2 N–H and O–H groups in total. The van der Waals surface area contributed by atoms with Crippen molar-refractivity contribution in [2.45, 2.75) is 31.7 Å². The highest BCUT2D eigenvalue weighted by atomic mass is 19.1. The van der Waals surface area contributed by atoms with Crippen LogP contribution in [0.1, 0.15) is 36.4 Å². The van der Waals surface area contributed by atoms with Crippen LogP contribution in [0.25, 0.3) is 0 Å². The minimum Gasteiger partial charge on any atom is -0.374 e. The lowest BCUT2D eigenvalue weighted by Crippen LogP contribution is -2.41. The zero-order valence-electron chi connectivity index (χ0n) is 17.9. The molecule has 0 radical (unpaired) electrons. The molecule has 0 spiro atoms. The van der Waals surface area contributed by atoms with Crippen LogP contribution in [-0.4, -0.2) is 49.9 Å². The number of halogens is 1. The molecule has 1 fully saturated rings. The van der Waals surface area contributed by atoms with E-state index in [1.807, 2.05) is 0 Å². The number of likely N-dealkylation sites (tertiary alicyclic amines) is 1. The van der Waals surface area contributed by atoms with Gasteiger partial charge >= 0.3 is 11.8 Å². The normalized spacial score (nSPS) is 17.2. The number of anilines is 2. The van der Waals surface area contributed by atoms with E-state index < -0.39 is 17.6 Å². The Labute approximate surface area is 182 Å². The second-order valence-electron chi connectivity index (χ2n) is 8.35. The zero-order chi connectivity index (χ0) is 21.8. The van der Waals surface area contributed by atoms with Crippen molar-refractivity contribution in [2.75, 3.05) is 43.4 Å². The van der Waals surface area contributed by atoms with Crippen LogP contribution < -0.4 is 15.5 Å². The van der Waals surface area contributed by atoms with Gasteiger partial charge in [0.05, 0.1) is 6.04 Å². The van der Waals surface area contributed by atoms with Crippen LogP contribution >= 0.6 is 0 Å². The SMILES string of the molecule is CN1CCCc2cc([C@@H](CNC(=O)C(=O)Nc3cccc(F)c3)N3CCCC3)ccc21. The van der Waals surface area contributed by atoms with Crippen molar-refractivity contribution in [1.29, 1.82) is 0 Å². The molecule has 2 heterocycles. The van der Waals surface area contributed by atoms with Crippen molar-refractivity contribution in [2.24, 2.45) is 0 Å². The van der Waals surface area contributed by atoms with Gasteiger partial charge in [-0.25, -0.2) is 4.39 Å². The number of amides is 2. The number of hydrogen-bond donors (Lipinski definition) is 2. The van der Waals surface area contributed by atoms with Gasteiger partial charge in [0, 0.05) is 31.5 Å². The van der Waals surface area contributed by atoms with E-state index in [1.165, 1.54) is 35.0 Å². The van der Waals surface area contributed by atoms with E-state index in [0.717, 1.165) is 45.3 Å². The highest BCUT2D eigenvalue weighted by molar-refractivity contribution is 6.39. The molecule has 0 bridgehead atoms. The van der Waals surface area contributed by atoms with Crippen LogP contribution in [-0.2, 0) is 16.0 Å². The van der Waals surface area contributed by atoms with Crippen LogP contribution in [0.3, 0.4) is 0 Å². The average Bonchev–Trinajstić information content (AvgIpc) is 3.28. The largest absolute Gasteiger partial charge is 0.374 e. The van der Waals surface area contributed by atoms with Crippen molar-refractivity contribution in [3.05, 3.63) is 59.4 Å². The van der Waals surface area contributed by atoms with Gasteiger partial charge in [0.1, 0.15) is 5.82 Å². The Hall–Kier alpha value is -2.93. The summed E-state index contributed by atoms with van der Waals surface area (Å²) in [7, 11) is 2.12. The van der Waals surface area contributed by atoms with Gasteiger partial charge in [-0.1, -0.05) is 18.2 Å². The molecule has 0 saturated carbocycles. The Balaban J connectivity index is 1.45. The minimum absolute atomic E-state index is 0.0194. The Morgan fingerprint density at radius 2 is 1.84 bits per heavy atom. The van der Waals surface area contributed by atoms with E-state index in [1.54, 1.807) is 6.07 Å². The molecular weight excluding hydrogens is 395 g/mol. The van der Waals surface area contributed by atoms with E-state index >= 15 is 0 Å². The molecule has 2 amide bonds. The molecule has 2 aromatic carbocycles. The quantitative estimate of drug-likeness (QED) is 0.724. The standard InChI is InChI=1S/C24H29FN4O2/c1-28-11-5-6-17-14-18(9-10-21(17)28)22(29-12-2-3-13-29)16-26-23(30)24(31)27-20-8-4-7-19(25)15-20/h4,7-10,14-15,22H,2-3,5-6,11-13,16H2,1H3,(H,26,30)(H,27,31)/t22-/m1/s1.